The van der Waals surface area contributed by atoms with Crippen LogP contribution in [-0.4, -0.2) is 9.81 Å². The molecule has 0 aliphatic rings. The molecule has 0 spiro atoms. The topological polar surface area (TPSA) is 12.9 Å². The molecule has 0 N–H and O–H groups in total. The van der Waals surface area contributed by atoms with E-state index in [0.717, 1.165) is 6.42 Å². The highest BCUT2D eigenvalue weighted by molar-refractivity contribution is 9.09. The molecule has 0 aliphatic heterocycles. The maximum Gasteiger partial charge on any atom is 0.0471 e. The van der Waals surface area contributed by atoms with Crippen LogP contribution in [0.3, 0.4) is 0 Å². The zero-order valence-corrected chi connectivity index (χ0v) is 10.0. The van der Waals surface area contributed by atoms with Gasteiger partial charge in [-0.3, -0.25) is 4.98 Å². The summed E-state index contributed by atoms with van der Waals surface area (Å²) in [5.41, 5.74) is 2.50. The van der Waals surface area contributed by atoms with E-state index < -0.39 is 0 Å². The molecule has 1 aromatic heterocycles. The molecule has 0 aliphatic carbocycles. The van der Waals surface area contributed by atoms with Crippen LogP contribution < -0.4 is 0 Å². The first-order chi connectivity index (χ1) is 6.16. The van der Waals surface area contributed by atoms with E-state index in [1.807, 2.05) is 12.3 Å². The molecule has 13 heavy (non-hydrogen) atoms. The molecule has 72 valence electrons. The van der Waals surface area contributed by atoms with Crippen molar-refractivity contribution in [1.29, 1.82) is 0 Å². The number of nitrogens with zero attached hydrogens (tertiary/aromatic N) is 1. The molecular weight excluding hydrogens is 226 g/mol. The average Bonchev–Trinajstić information content (AvgIpc) is 2.16. The monoisotopic (exact) mass is 241 g/mol. The largest absolute Gasteiger partial charge is 0.261 e. The van der Waals surface area contributed by atoms with Crippen molar-refractivity contribution in [2.24, 2.45) is 0 Å². The van der Waals surface area contributed by atoms with Gasteiger partial charge in [0.25, 0.3) is 0 Å². The highest BCUT2D eigenvalue weighted by Gasteiger charge is 2.16. The highest BCUT2D eigenvalue weighted by atomic mass is 79.9. The third-order valence-electron chi connectivity index (χ3n) is 2.41. The Labute approximate surface area is 88.7 Å². The first-order valence-electron chi connectivity index (χ1n) is 4.72. The van der Waals surface area contributed by atoms with Crippen LogP contribution in [0.25, 0.3) is 0 Å². The molecule has 0 fully saturated rings. The fraction of sp³-hybridized carbons (Fsp3) is 0.545. The van der Waals surface area contributed by atoms with E-state index in [1.54, 1.807) is 0 Å². The van der Waals surface area contributed by atoms with Gasteiger partial charge in [0.1, 0.15) is 0 Å². The Morgan fingerprint density at radius 1 is 1.54 bits per heavy atom. The summed E-state index contributed by atoms with van der Waals surface area (Å²) in [6.45, 7) is 6.53. The molecule has 0 radical (unpaired) electrons. The minimum atomic E-state index is 0.492. The van der Waals surface area contributed by atoms with E-state index in [2.05, 4.69) is 47.8 Å². The van der Waals surface area contributed by atoms with E-state index in [0.29, 0.717) is 10.7 Å². The van der Waals surface area contributed by atoms with Gasteiger partial charge in [-0.25, -0.2) is 0 Å². The number of aryl methyl sites for hydroxylation is 1. The van der Waals surface area contributed by atoms with E-state index in [-0.39, 0.29) is 0 Å². The van der Waals surface area contributed by atoms with Crippen LogP contribution in [0.15, 0.2) is 18.3 Å². The van der Waals surface area contributed by atoms with Crippen molar-refractivity contribution in [2.45, 2.75) is 37.9 Å². The van der Waals surface area contributed by atoms with Gasteiger partial charge >= 0.3 is 0 Å². The quantitative estimate of drug-likeness (QED) is 0.737. The number of alkyl halides is 1. The fourth-order valence-corrected chi connectivity index (χ4v) is 1.75. The van der Waals surface area contributed by atoms with Crippen molar-refractivity contribution >= 4 is 15.9 Å². The summed E-state index contributed by atoms with van der Waals surface area (Å²) in [4.78, 5) is 4.95. The highest BCUT2D eigenvalue weighted by Crippen LogP contribution is 2.26. The summed E-state index contributed by atoms with van der Waals surface area (Å²) in [6.07, 6.45) is 3.01. The van der Waals surface area contributed by atoms with Gasteiger partial charge in [-0.2, -0.15) is 0 Å². The first kappa shape index (κ1) is 10.7. The molecule has 2 heteroatoms. The number of halogens is 1. The predicted octanol–water partition coefficient (Wildman–Crippen LogP) is 3.67. The summed E-state index contributed by atoms with van der Waals surface area (Å²) in [6, 6.07) is 4.11. The molecule has 0 aromatic carbocycles. The molecule has 0 saturated heterocycles. The van der Waals surface area contributed by atoms with Crippen molar-refractivity contribution < 1.29 is 0 Å². The van der Waals surface area contributed by atoms with Crippen LogP contribution >= 0.6 is 15.9 Å². The number of aromatic nitrogens is 1. The second kappa shape index (κ2) is 4.75. The van der Waals surface area contributed by atoms with Crippen LogP contribution in [0.4, 0.5) is 0 Å². The SMILES string of the molecule is CCC(Br)C(C)c1ncccc1C. The van der Waals surface area contributed by atoms with Gasteiger partial charge < -0.3 is 0 Å². The third kappa shape index (κ3) is 2.53. The Bertz CT molecular complexity index is 273. The van der Waals surface area contributed by atoms with Gasteiger partial charge in [-0.15, -0.1) is 0 Å². The summed E-state index contributed by atoms with van der Waals surface area (Å²) < 4.78 is 0. The first-order valence-corrected chi connectivity index (χ1v) is 5.64. The zero-order chi connectivity index (χ0) is 9.84. The van der Waals surface area contributed by atoms with Crippen LogP contribution in [0, 0.1) is 6.92 Å². The molecule has 0 bridgehead atoms. The number of hydrogen-bond donors (Lipinski definition) is 0. The summed E-state index contributed by atoms with van der Waals surface area (Å²) in [5, 5.41) is 0. The van der Waals surface area contributed by atoms with Crippen LogP contribution in [0.5, 0.6) is 0 Å². The summed E-state index contributed by atoms with van der Waals surface area (Å²) >= 11 is 3.67. The second-order valence-corrected chi connectivity index (χ2v) is 4.59. The van der Waals surface area contributed by atoms with Gasteiger partial charge in [0.15, 0.2) is 0 Å². The van der Waals surface area contributed by atoms with E-state index >= 15 is 0 Å². The molecule has 0 saturated carbocycles. The second-order valence-electron chi connectivity index (χ2n) is 3.42. The standard InChI is InChI=1S/C11H16BrN/c1-4-10(12)9(3)11-8(2)6-5-7-13-11/h5-7,9-10H,4H2,1-3H3. The molecule has 1 heterocycles. The molecule has 1 aromatic rings. The van der Waals surface area contributed by atoms with E-state index in [1.165, 1.54) is 11.3 Å². The number of hydrogen-bond acceptors (Lipinski definition) is 1. The molecule has 2 atom stereocenters. The van der Waals surface area contributed by atoms with Crippen LogP contribution in [-0.2, 0) is 0 Å². The molecule has 1 nitrogen and oxygen atoms in total. The van der Waals surface area contributed by atoms with Gasteiger partial charge in [0.2, 0.25) is 0 Å². The van der Waals surface area contributed by atoms with Gasteiger partial charge in [-0.1, -0.05) is 35.8 Å². The predicted molar refractivity (Wildman–Crippen MR) is 60.4 cm³/mol. The maximum absolute atomic E-state index is 4.42. The molecule has 2 unspecified atom stereocenters. The zero-order valence-electron chi connectivity index (χ0n) is 8.42. The van der Waals surface area contributed by atoms with Crippen molar-refractivity contribution in [3.8, 4) is 0 Å². The smallest absolute Gasteiger partial charge is 0.0471 e. The third-order valence-corrected chi connectivity index (χ3v) is 3.85. The minimum absolute atomic E-state index is 0.492. The Hall–Kier alpha value is -0.370. The molecule has 1 rings (SSSR count). The van der Waals surface area contributed by atoms with Gasteiger partial charge in [-0.05, 0) is 25.0 Å². The van der Waals surface area contributed by atoms with Crippen molar-refractivity contribution in [3.63, 3.8) is 0 Å². The minimum Gasteiger partial charge on any atom is -0.261 e. The van der Waals surface area contributed by atoms with Gasteiger partial charge in [0, 0.05) is 22.6 Å². The van der Waals surface area contributed by atoms with Crippen molar-refractivity contribution in [2.75, 3.05) is 0 Å². The lowest BCUT2D eigenvalue weighted by Gasteiger charge is -2.17. The maximum atomic E-state index is 4.42. The molecule has 0 amide bonds. The Morgan fingerprint density at radius 3 is 2.77 bits per heavy atom. The number of pyridine rings is 1. The molecular formula is C11H16BrN. The van der Waals surface area contributed by atoms with Crippen molar-refractivity contribution in [3.05, 3.63) is 29.6 Å². The lowest BCUT2D eigenvalue weighted by Crippen LogP contribution is -2.10. The fourth-order valence-electron chi connectivity index (χ4n) is 1.50. The van der Waals surface area contributed by atoms with E-state index in [9.17, 15) is 0 Å². The Kier molecular flexibility index (Phi) is 3.91. The van der Waals surface area contributed by atoms with Gasteiger partial charge in [0.05, 0.1) is 0 Å². The average molecular weight is 242 g/mol. The van der Waals surface area contributed by atoms with Crippen molar-refractivity contribution in [1.82, 2.24) is 4.98 Å². The number of rotatable bonds is 3. The summed E-state index contributed by atoms with van der Waals surface area (Å²) in [7, 11) is 0. The lowest BCUT2D eigenvalue weighted by molar-refractivity contribution is 0.670. The Balaban J connectivity index is 2.88. The van der Waals surface area contributed by atoms with E-state index in [4.69, 9.17) is 0 Å². The Morgan fingerprint density at radius 2 is 2.23 bits per heavy atom. The normalized spacial score (nSPS) is 15.4. The lowest BCUT2D eigenvalue weighted by atomic mass is 9.98. The van der Waals surface area contributed by atoms with Crippen LogP contribution in [0.1, 0.15) is 37.4 Å². The van der Waals surface area contributed by atoms with Crippen LogP contribution in [0.2, 0.25) is 0 Å². The summed E-state index contributed by atoms with van der Waals surface area (Å²) in [5.74, 6) is 0.492.